The van der Waals surface area contributed by atoms with Crippen LogP contribution in [0.25, 0.3) is 0 Å². The molecule has 4 nitrogen and oxygen atoms in total. The van der Waals surface area contributed by atoms with Crippen LogP contribution in [0.15, 0.2) is 18.2 Å². The van der Waals surface area contributed by atoms with Crippen LogP contribution in [-0.2, 0) is 16.0 Å². The highest BCUT2D eigenvalue weighted by Crippen LogP contribution is 2.13. The number of amides is 2. The molecule has 0 aromatic heterocycles. The average Bonchev–Trinajstić information content (AvgIpc) is 2.42. The van der Waals surface area contributed by atoms with Crippen LogP contribution in [-0.4, -0.2) is 35.8 Å². The molecule has 0 bridgehead atoms. The zero-order chi connectivity index (χ0) is 15.4. The lowest BCUT2D eigenvalue weighted by Gasteiger charge is -2.32. The van der Waals surface area contributed by atoms with Crippen LogP contribution in [0, 0.1) is 12.7 Å². The molecule has 0 aliphatic carbocycles. The summed E-state index contributed by atoms with van der Waals surface area (Å²) in [7, 11) is 0. The van der Waals surface area contributed by atoms with E-state index >= 15 is 0 Å². The van der Waals surface area contributed by atoms with Gasteiger partial charge in [-0.3, -0.25) is 9.59 Å². The zero-order valence-electron chi connectivity index (χ0n) is 12.5. The van der Waals surface area contributed by atoms with E-state index in [9.17, 15) is 14.0 Å². The van der Waals surface area contributed by atoms with Crippen molar-refractivity contribution in [3.05, 3.63) is 35.1 Å². The molecule has 1 unspecified atom stereocenters. The molecular weight excluding hydrogens is 271 g/mol. The molecule has 0 saturated carbocycles. The van der Waals surface area contributed by atoms with Crippen LogP contribution in [0.3, 0.4) is 0 Å². The highest BCUT2D eigenvalue weighted by Gasteiger charge is 2.31. The summed E-state index contributed by atoms with van der Waals surface area (Å²) in [4.78, 5) is 25.5. The van der Waals surface area contributed by atoms with Gasteiger partial charge in [0.1, 0.15) is 11.9 Å². The molecule has 114 valence electrons. The van der Waals surface area contributed by atoms with Crippen molar-refractivity contribution in [3.8, 4) is 0 Å². The number of nitrogens with zero attached hydrogens (tertiary/aromatic N) is 1. The van der Waals surface area contributed by atoms with Crippen molar-refractivity contribution < 1.29 is 14.0 Å². The molecule has 1 aliphatic heterocycles. The molecule has 1 aromatic carbocycles. The molecular formula is C16H21FN2O2. The number of nitrogens with one attached hydrogen (secondary N) is 1. The van der Waals surface area contributed by atoms with Gasteiger partial charge >= 0.3 is 0 Å². The molecule has 1 N–H and O–H groups in total. The molecule has 0 spiro atoms. The first-order valence-corrected chi connectivity index (χ1v) is 7.34. The molecule has 5 heteroatoms. The van der Waals surface area contributed by atoms with E-state index in [1.54, 1.807) is 11.0 Å². The van der Waals surface area contributed by atoms with Gasteiger partial charge in [0.2, 0.25) is 11.8 Å². The molecule has 1 heterocycles. The first kappa shape index (κ1) is 15.5. The topological polar surface area (TPSA) is 49.4 Å². The Labute approximate surface area is 124 Å². The molecule has 0 radical (unpaired) electrons. The van der Waals surface area contributed by atoms with Gasteiger partial charge in [-0.2, -0.15) is 0 Å². The third kappa shape index (κ3) is 3.80. The van der Waals surface area contributed by atoms with Crippen molar-refractivity contribution in [3.63, 3.8) is 0 Å². The maximum absolute atomic E-state index is 13.1. The van der Waals surface area contributed by atoms with Crippen molar-refractivity contribution >= 4 is 11.8 Å². The number of hydrogen-bond donors (Lipinski definition) is 1. The second kappa shape index (κ2) is 6.70. The van der Waals surface area contributed by atoms with Crippen molar-refractivity contribution in [2.24, 2.45) is 0 Å². The Hall–Kier alpha value is -1.91. The van der Waals surface area contributed by atoms with E-state index in [4.69, 9.17) is 0 Å². The predicted octanol–water partition coefficient (Wildman–Crippen LogP) is 1.80. The van der Waals surface area contributed by atoms with Gasteiger partial charge in [-0.15, -0.1) is 0 Å². The lowest BCUT2D eigenvalue weighted by atomic mass is 10.0. The summed E-state index contributed by atoms with van der Waals surface area (Å²) in [5, 5.41) is 2.73. The molecule has 1 aliphatic rings. The first-order valence-electron chi connectivity index (χ1n) is 7.34. The minimum absolute atomic E-state index is 0.0174. The van der Waals surface area contributed by atoms with Gasteiger partial charge in [-0.05, 0) is 43.0 Å². The van der Waals surface area contributed by atoms with Crippen molar-refractivity contribution in [1.82, 2.24) is 10.2 Å². The summed E-state index contributed by atoms with van der Waals surface area (Å²) < 4.78 is 13.1. The van der Waals surface area contributed by atoms with Gasteiger partial charge in [-0.1, -0.05) is 19.4 Å². The molecule has 2 rings (SSSR count). The monoisotopic (exact) mass is 292 g/mol. The van der Waals surface area contributed by atoms with E-state index in [-0.39, 0.29) is 24.2 Å². The SMILES string of the molecule is CCCC1NC(=O)CN(CCc2ccc(F)cc2C)C1=O. The first-order chi connectivity index (χ1) is 10.0. The number of aryl methyl sites for hydroxylation is 1. The van der Waals surface area contributed by atoms with Crippen LogP contribution < -0.4 is 5.32 Å². The van der Waals surface area contributed by atoms with Gasteiger partial charge < -0.3 is 10.2 Å². The lowest BCUT2D eigenvalue weighted by Crippen LogP contribution is -2.58. The second-order valence-electron chi connectivity index (χ2n) is 5.49. The van der Waals surface area contributed by atoms with Crippen LogP contribution in [0.1, 0.15) is 30.9 Å². The second-order valence-corrected chi connectivity index (χ2v) is 5.49. The minimum Gasteiger partial charge on any atom is -0.343 e. The third-order valence-electron chi connectivity index (χ3n) is 3.81. The Morgan fingerprint density at radius 1 is 1.38 bits per heavy atom. The number of carbonyl (C=O) groups excluding carboxylic acids is 2. The summed E-state index contributed by atoms with van der Waals surface area (Å²) in [5.74, 6) is -0.382. The molecule has 1 saturated heterocycles. The van der Waals surface area contributed by atoms with Crippen molar-refractivity contribution in [2.75, 3.05) is 13.1 Å². The van der Waals surface area contributed by atoms with Crippen LogP contribution in [0.2, 0.25) is 0 Å². The highest BCUT2D eigenvalue weighted by molar-refractivity contribution is 5.94. The van der Waals surface area contributed by atoms with E-state index in [0.29, 0.717) is 19.4 Å². The Kier molecular flexibility index (Phi) is 4.94. The minimum atomic E-state index is -0.398. The fourth-order valence-electron chi connectivity index (χ4n) is 2.64. The van der Waals surface area contributed by atoms with E-state index in [2.05, 4.69) is 5.32 Å². The Morgan fingerprint density at radius 3 is 2.81 bits per heavy atom. The van der Waals surface area contributed by atoms with Crippen LogP contribution in [0.5, 0.6) is 0 Å². The van der Waals surface area contributed by atoms with Gasteiger partial charge in [0.25, 0.3) is 0 Å². The molecule has 2 amide bonds. The van der Waals surface area contributed by atoms with E-state index in [1.807, 2.05) is 13.8 Å². The number of piperazine rings is 1. The fraction of sp³-hybridized carbons (Fsp3) is 0.500. The molecule has 21 heavy (non-hydrogen) atoms. The van der Waals surface area contributed by atoms with Crippen LogP contribution >= 0.6 is 0 Å². The number of rotatable bonds is 5. The summed E-state index contributed by atoms with van der Waals surface area (Å²) in [5.41, 5.74) is 1.87. The predicted molar refractivity (Wildman–Crippen MR) is 78.3 cm³/mol. The quantitative estimate of drug-likeness (QED) is 0.899. The van der Waals surface area contributed by atoms with E-state index in [1.165, 1.54) is 12.1 Å². The van der Waals surface area contributed by atoms with Crippen LogP contribution in [0.4, 0.5) is 4.39 Å². The zero-order valence-corrected chi connectivity index (χ0v) is 12.5. The molecule has 1 aromatic rings. The average molecular weight is 292 g/mol. The summed E-state index contributed by atoms with van der Waals surface area (Å²) in [6.07, 6.45) is 2.14. The number of hydrogen-bond acceptors (Lipinski definition) is 2. The van der Waals surface area contributed by atoms with Gasteiger partial charge in [0, 0.05) is 6.54 Å². The maximum atomic E-state index is 13.1. The molecule has 1 atom stereocenters. The number of carbonyl (C=O) groups is 2. The summed E-state index contributed by atoms with van der Waals surface area (Å²) in [6.45, 7) is 4.43. The Balaban J connectivity index is 2.01. The largest absolute Gasteiger partial charge is 0.343 e. The van der Waals surface area contributed by atoms with Gasteiger partial charge in [0.05, 0.1) is 6.54 Å². The standard InChI is InChI=1S/C16H21FN2O2/c1-3-4-14-16(21)19(10-15(20)18-14)8-7-12-5-6-13(17)9-11(12)2/h5-6,9,14H,3-4,7-8,10H2,1-2H3,(H,18,20). The highest BCUT2D eigenvalue weighted by atomic mass is 19.1. The van der Waals surface area contributed by atoms with Gasteiger partial charge in [-0.25, -0.2) is 4.39 Å². The summed E-state index contributed by atoms with van der Waals surface area (Å²) >= 11 is 0. The Morgan fingerprint density at radius 2 is 2.14 bits per heavy atom. The lowest BCUT2D eigenvalue weighted by molar-refractivity contribution is -0.144. The summed E-state index contributed by atoms with van der Waals surface area (Å²) in [6, 6.07) is 4.25. The van der Waals surface area contributed by atoms with E-state index < -0.39 is 6.04 Å². The normalized spacial score (nSPS) is 18.8. The van der Waals surface area contributed by atoms with E-state index in [0.717, 1.165) is 17.5 Å². The smallest absolute Gasteiger partial charge is 0.245 e. The van der Waals surface area contributed by atoms with Crippen molar-refractivity contribution in [1.29, 1.82) is 0 Å². The third-order valence-corrected chi connectivity index (χ3v) is 3.81. The van der Waals surface area contributed by atoms with Gasteiger partial charge in [0.15, 0.2) is 0 Å². The Bertz CT molecular complexity index is 545. The number of benzene rings is 1. The molecule has 1 fully saturated rings. The fourth-order valence-corrected chi connectivity index (χ4v) is 2.64. The maximum Gasteiger partial charge on any atom is 0.245 e. The van der Waals surface area contributed by atoms with Crippen molar-refractivity contribution in [2.45, 2.75) is 39.2 Å². The number of halogens is 1.